The normalized spacial score (nSPS) is 12.0. The average Bonchev–Trinajstić information content (AvgIpc) is 2.54. The highest BCUT2D eigenvalue weighted by atomic mass is 32.2. The van der Waals surface area contributed by atoms with Gasteiger partial charge in [0.25, 0.3) is 20.2 Å². The Morgan fingerprint density at radius 3 is 1.69 bits per heavy atom. The van der Waals surface area contributed by atoms with Gasteiger partial charge in [0.05, 0.1) is 11.5 Å². The minimum atomic E-state index is -4.15. The third-order valence-electron chi connectivity index (χ3n) is 3.09. The molecule has 15 heteroatoms. The quantitative estimate of drug-likeness (QED) is 0.288. The van der Waals surface area contributed by atoms with Crippen LogP contribution in [0.3, 0.4) is 0 Å². The highest BCUT2D eigenvalue weighted by Gasteiger charge is 2.16. The van der Waals surface area contributed by atoms with E-state index in [4.69, 9.17) is 14.8 Å². The Kier molecular flexibility index (Phi) is 7.88. The second-order valence-corrected chi connectivity index (χ2v) is 8.53. The molecule has 5 N–H and O–H groups in total. The van der Waals surface area contributed by atoms with E-state index in [1.54, 1.807) is 0 Å². The molecule has 0 aliphatic carbocycles. The first-order valence-electron chi connectivity index (χ1n) is 7.44. The molecular formula is C11H23N7O6S2. The van der Waals surface area contributed by atoms with Crippen molar-refractivity contribution < 1.29 is 25.9 Å². The second-order valence-electron chi connectivity index (χ2n) is 5.39. The van der Waals surface area contributed by atoms with Crippen LogP contribution < -0.4 is 20.9 Å². The zero-order valence-electron chi connectivity index (χ0n) is 14.4. The molecule has 0 aliphatic rings. The summed E-state index contributed by atoms with van der Waals surface area (Å²) in [5.41, 5.74) is 5.42. The van der Waals surface area contributed by atoms with E-state index in [0.717, 1.165) is 0 Å². The van der Waals surface area contributed by atoms with Gasteiger partial charge < -0.3 is 20.9 Å². The van der Waals surface area contributed by atoms with Crippen LogP contribution in [-0.4, -0.2) is 92.7 Å². The molecule has 0 spiro atoms. The number of anilines is 3. The summed E-state index contributed by atoms with van der Waals surface area (Å²) in [5, 5.41) is 2.85. The molecule has 0 saturated heterocycles. The van der Waals surface area contributed by atoms with Crippen LogP contribution in [0, 0.1) is 0 Å². The lowest BCUT2D eigenvalue weighted by molar-refractivity contribution is 0.480. The average molecular weight is 413 g/mol. The predicted molar refractivity (Wildman–Crippen MR) is 96.7 cm³/mol. The molecule has 0 unspecified atom stereocenters. The lowest BCUT2D eigenvalue weighted by Gasteiger charge is -2.21. The molecule has 0 atom stereocenters. The van der Waals surface area contributed by atoms with E-state index in [1.165, 1.54) is 23.9 Å². The maximum atomic E-state index is 10.9. The van der Waals surface area contributed by atoms with Gasteiger partial charge in [-0.1, -0.05) is 0 Å². The largest absolute Gasteiger partial charge is 0.353 e. The molecule has 1 aromatic heterocycles. The number of rotatable bonds is 11. The molecule has 26 heavy (non-hydrogen) atoms. The molecule has 0 bridgehead atoms. The Bertz CT molecular complexity index is 741. The van der Waals surface area contributed by atoms with Crippen molar-refractivity contribution in [1.29, 1.82) is 0 Å². The standard InChI is InChI=1S/C11H23N7O6S2/c1-17(5-7-25(19,20)21)10-14-9(13-4-3-12)15-11(16-10)18(2)6-8-26(22,23)24/h3-8,12H2,1-2H3,(H,19,20,21)(H,22,23,24)(H,13,14,15,16). The minimum absolute atomic E-state index is 0.0760. The highest BCUT2D eigenvalue weighted by molar-refractivity contribution is 7.86. The molecular weight excluding hydrogens is 390 g/mol. The molecule has 0 radical (unpaired) electrons. The van der Waals surface area contributed by atoms with E-state index in [1.807, 2.05) is 0 Å². The van der Waals surface area contributed by atoms with Crippen molar-refractivity contribution in [2.75, 3.05) is 66.9 Å². The Morgan fingerprint density at radius 1 is 0.923 bits per heavy atom. The van der Waals surface area contributed by atoms with Crippen molar-refractivity contribution in [1.82, 2.24) is 15.0 Å². The fraction of sp³-hybridized carbons (Fsp3) is 0.727. The topological polar surface area (TPSA) is 192 Å². The van der Waals surface area contributed by atoms with Crippen LogP contribution in [0.25, 0.3) is 0 Å². The summed E-state index contributed by atoms with van der Waals surface area (Å²) >= 11 is 0. The van der Waals surface area contributed by atoms with Gasteiger partial charge in [0.15, 0.2) is 0 Å². The number of nitrogens with one attached hydrogen (secondary N) is 1. The van der Waals surface area contributed by atoms with Gasteiger partial charge in [-0.2, -0.15) is 31.8 Å². The maximum Gasteiger partial charge on any atom is 0.266 e. The molecule has 150 valence electrons. The first-order chi connectivity index (χ1) is 11.9. The van der Waals surface area contributed by atoms with E-state index in [0.29, 0.717) is 13.1 Å². The van der Waals surface area contributed by atoms with Gasteiger partial charge >= 0.3 is 0 Å². The van der Waals surface area contributed by atoms with Gasteiger partial charge in [-0.05, 0) is 0 Å². The Balaban J connectivity index is 3.05. The van der Waals surface area contributed by atoms with Crippen LogP contribution in [0.5, 0.6) is 0 Å². The Morgan fingerprint density at radius 2 is 1.35 bits per heavy atom. The van der Waals surface area contributed by atoms with Gasteiger partial charge in [-0.3, -0.25) is 9.11 Å². The van der Waals surface area contributed by atoms with Gasteiger partial charge in [0.1, 0.15) is 0 Å². The molecule has 1 rings (SSSR count). The SMILES string of the molecule is CN(CCS(=O)(=O)O)c1nc(NCCN)nc(N(C)CCS(=O)(=O)O)n1. The molecule has 1 aromatic rings. The molecule has 1 heterocycles. The van der Waals surface area contributed by atoms with Gasteiger partial charge in [-0.25, -0.2) is 0 Å². The zero-order chi connectivity index (χ0) is 20.0. The predicted octanol–water partition coefficient (Wildman–Crippen LogP) is -2.11. The molecule has 0 amide bonds. The van der Waals surface area contributed by atoms with E-state index < -0.39 is 31.7 Å². The van der Waals surface area contributed by atoms with Crippen LogP contribution in [0.2, 0.25) is 0 Å². The monoisotopic (exact) mass is 413 g/mol. The Labute approximate surface area is 152 Å². The van der Waals surface area contributed by atoms with Crippen molar-refractivity contribution in [3.63, 3.8) is 0 Å². The van der Waals surface area contributed by atoms with Crippen molar-refractivity contribution in [3.8, 4) is 0 Å². The lowest BCUT2D eigenvalue weighted by Crippen LogP contribution is -2.30. The first kappa shape index (κ1) is 22.2. The summed E-state index contributed by atoms with van der Waals surface area (Å²) in [7, 11) is -5.26. The fourth-order valence-electron chi connectivity index (χ4n) is 1.66. The van der Waals surface area contributed by atoms with Crippen LogP contribution in [0.1, 0.15) is 0 Å². The molecule has 0 aliphatic heterocycles. The fourth-order valence-corrected chi connectivity index (χ4v) is 2.67. The van der Waals surface area contributed by atoms with Gasteiger partial charge in [-0.15, -0.1) is 0 Å². The van der Waals surface area contributed by atoms with Crippen molar-refractivity contribution in [2.24, 2.45) is 5.73 Å². The van der Waals surface area contributed by atoms with E-state index in [-0.39, 0.29) is 30.9 Å². The van der Waals surface area contributed by atoms with Gasteiger partial charge in [0, 0.05) is 40.3 Å². The minimum Gasteiger partial charge on any atom is -0.353 e. The summed E-state index contributed by atoms with van der Waals surface area (Å²) in [6.07, 6.45) is 0. The summed E-state index contributed by atoms with van der Waals surface area (Å²) < 4.78 is 61.3. The molecule has 0 saturated carbocycles. The van der Waals surface area contributed by atoms with Crippen molar-refractivity contribution >= 4 is 38.1 Å². The number of hydrogen-bond donors (Lipinski definition) is 4. The van der Waals surface area contributed by atoms with Crippen LogP contribution in [-0.2, 0) is 20.2 Å². The third-order valence-corrected chi connectivity index (χ3v) is 4.49. The highest BCUT2D eigenvalue weighted by Crippen LogP contribution is 2.15. The van der Waals surface area contributed by atoms with E-state index >= 15 is 0 Å². The van der Waals surface area contributed by atoms with Crippen molar-refractivity contribution in [3.05, 3.63) is 0 Å². The summed E-state index contributed by atoms with van der Waals surface area (Å²) in [4.78, 5) is 15.2. The summed E-state index contributed by atoms with van der Waals surface area (Å²) in [6.45, 7) is 0.528. The Hall–Kier alpha value is -1.81. The second kappa shape index (κ2) is 9.22. The smallest absolute Gasteiger partial charge is 0.266 e. The zero-order valence-corrected chi connectivity index (χ0v) is 16.0. The van der Waals surface area contributed by atoms with Crippen molar-refractivity contribution in [2.45, 2.75) is 0 Å². The number of hydrogen-bond acceptors (Lipinski definition) is 11. The van der Waals surface area contributed by atoms with Crippen LogP contribution in [0.4, 0.5) is 17.8 Å². The summed E-state index contributed by atoms with van der Waals surface area (Å²) in [6, 6.07) is 0. The third kappa shape index (κ3) is 8.52. The maximum absolute atomic E-state index is 10.9. The molecule has 0 aromatic carbocycles. The van der Waals surface area contributed by atoms with Crippen LogP contribution >= 0.6 is 0 Å². The van der Waals surface area contributed by atoms with E-state index in [2.05, 4.69) is 20.3 Å². The first-order valence-corrected chi connectivity index (χ1v) is 10.7. The molecule has 13 nitrogen and oxygen atoms in total. The van der Waals surface area contributed by atoms with Gasteiger partial charge in [0.2, 0.25) is 17.8 Å². The lowest BCUT2D eigenvalue weighted by atomic mass is 10.6. The van der Waals surface area contributed by atoms with E-state index in [9.17, 15) is 16.8 Å². The number of nitrogens with two attached hydrogens (primary N) is 1. The van der Waals surface area contributed by atoms with Crippen LogP contribution in [0.15, 0.2) is 0 Å². The number of aromatic nitrogens is 3. The number of nitrogens with zero attached hydrogens (tertiary/aromatic N) is 5. The summed E-state index contributed by atoms with van der Waals surface area (Å²) in [5.74, 6) is -0.662. The molecule has 0 fully saturated rings.